The number of anilines is 4. The molecule has 1 atom stereocenters. The van der Waals surface area contributed by atoms with Gasteiger partial charge < -0.3 is 21.3 Å². The van der Waals surface area contributed by atoms with Gasteiger partial charge in [-0.1, -0.05) is 48.5 Å². The number of carbonyl (C=O) groups excluding carboxylic acids is 1. The molecule has 0 saturated heterocycles. The molecule has 4 heterocycles. The van der Waals surface area contributed by atoms with Crippen LogP contribution in [0.25, 0.3) is 53.5 Å². The van der Waals surface area contributed by atoms with Gasteiger partial charge in [-0.2, -0.15) is 0 Å². The zero-order chi connectivity index (χ0) is 35.0. The van der Waals surface area contributed by atoms with Crippen molar-refractivity contribution < 1.29 is 4.79 Å². The highest BCUT2D eigenvalue weighted by atomic mass is 16.1. The third-order valence-electron chi connectivity index (χ3n) is 12.8. The molecule has 252 valence electrons. The van der Waals surface area contributed by atoms with Crippen molar-refractivity contribution in [3.8, 4) is 0 Å². The van der Waals surface area contributed by atoms with Gasteiger partial charge in [0, 0.05) is 59.5 Å². The number of nitrogens with zero attached hydrogens (tertiary/aromatic N) is 3. The lowest BCUT2D eigenvalue weighted by Gasteiger charge is -2.42. The summed E-state index contributed by atoms with van der Waals surface area (Å²) in [6.45, 7) is 12.1. The molecule has 1 unspecified atom stereocenters. The number of carbonyl (C=O) groups is 1. The number of ketones is 1. The Balaban J connectivity index is 1.27. The predicted octanol–water partition coefficient (Wildman–Crippen LogP) is 8.25. The summed E-state index contributed by atoms with van der Waals surface area (Å²) in [5, 5.41) is 17.3. The van der Waals surface area contributed by atoms with Crippen molar-refractivity contribution in [3.63, 3.8) is 0 Å². The first-order valence-electron chi connectivity index (χ1n) is 18.5. The normalized spacial score (nSPS) is 18.6. The molecule has 7 nitrogen and oxygen atoms in total. The van der Waals surface area contributed by atoms with Gasteiger partial charge in [0.15, 0.2) is 5.78 Å². The molecular weight excluding hydrogens is 641 g/mol. The lowest BCUT2D eigenvalue weighted by molar-refractivity contribution is -0.115. The summed E-state index contributed by atoms with van der Waals surface area (Å²) in [6.07, 6.45) is 5.48. The Morgan fingerprint density at radius 3 is 1.88 bits per heavy atom. The van der Waals surface area contributed by atoms with E-state index in [1.165, 1.54) is 44.0 Å². The monoisotopic (exact) mass is 676 g/mol. The average molecular weight is 677 g/mol. The molecular formula is C45H36N6O. The Morgan fingerprint density at radius 1 is 0.731 bits per heavy atom. The molecule has 6 aromatic carbocycles. The van der Waals surface area contributed by atoms with Crippen LogP contribution in [-0.4, -0.2) is 37.8 Å². The van der Waals surface area contributed by atoms with Crippen molar-refractivity contribution in [1.82, 2.24) is 0 Å². The van der Waals surface area contributed by atoms with E-state index in [1.54, 1.807) is 0 Å². The number of nitrogens with one attached hydrogen (secondary N) is 1. The summed E-state index contributed by atoms with van der Waals surface area (Å²) >= 11 is 0. The highest BCUT2D eigenvalue weighted by molar-refractivity contribution is 6.39. The molecule has 11 rings (SSSR count). The maximum absolute atomic E-state index is 15.3. The zero-order valence-electron chi connectivity index (χ0n) is 28.8. The van der Waals surface area contributed by atoms with Crippen LogP contribution in [0.2, 0.25) is 0 Å². The van der Waals surface area contributed by atoms with E-state index in [0.717, 1.165) is 103 Å². The summed E-state index contributed by atoms with van der Waals surface area (Å²) in [4.78, 5) is 24.1. The third-order valence-corrected chi connectivity index (χ3v) is 12.8. The van der Waals surface area contributed by atoms with Crippen LogP contribution in [0.5, 0.6) is 0 Å². The van der Waals surface area contributed by atoms with Crippen molar-refractivity contribution in [3.05, 3.63) is 117 Å². The molecule has 0 fully saturated rings. The number of benzene rings is 6. The van der Waals surface area contributed by atoms with Gasteiger partial charge in [0.2, 0.25) is 0 Å². The number of rotatable bonds is 3. The molecule has 5 N–H and O–H groups in total. The smallest absolute Gasteiger partial charge is 0.251 e. The van der Waals surface area contributed by atoms with Gasteiger partial charge in [-0.15, -0.1) is 0 Å². The van der Waals surface area contributed by atoms with Crippen molar-refractivity contribution in [2.75, 3.05) is 47.4 Å². The minimum atomic E-state index is -0.802. The standard InChI is InChI=1S/C45H36N6O/c1-49-33(22-46)38-39(36-31-20-23-8-2-4-10-25(23)27-14-18-50-16-6-12-29(41(36)47)43(50)34(27)31)45(52)40(38)37-32-21-24-9-3-5-11-26(24)28-15-19-51-17-7-13-30(42(37)48)44(51)35(28)32/h2-5,8-11,20-21,39,46H,6-7,12-19,47-48H2. The van der Waals surface area contributed by atoms with Crippen LogP contribution in [0, 0.1) is 12.0 Å². The molecule has 0 aromatic heterocycles. The number of Topliss-reactive ketones (excluding diaryl/α,β-unsaturated/α-hetero) is 1. The second-order valence-electron chi connectivity index (χ2n) is 15.1. The summed E-state index contributed by atoms with van der Waals surface area (Å²) in [5.41, 5.74) is 25.5. The lowest BCUT2D eigenvalue weighted by atomic mass is 9.65. The number of hydrogen-bond acceptors (Lipinski definition) is 6. The van der Waals surface area contributed by atoms with Crippen LogP contribution in [0.15, 0.2) is 71.9 Å². The van der Waals surface area contributed by atoms with Crippen LogP contribution in [0.1, 0.15) is 52.1 Å². The van der Waals surface area contributed by atoms with Crippen molar-refractivity contribution >= 4 is 83.1 Å². The van der Waals surface area contributed by atoms with Crippen LogP contribution in [0.4, 0.5) is 22.7 Å². The molecule has 0 radical (unpaired) electrons. The third kappa shape index (κ3) is 3.60. The number of fused-ring (bicyclic) bond motifs is 4. The van der Waals surface area contributed by atoms with E-state index < -0.39 is 5.92 Å². The molecule has 0 saturated carbocycles. The van der Waals surface area contributed by atoms with Crippen molar-refractivity contribution in [1.29, 1.82) is 5.41 Å². The van der Waals surface area contributed by atoms with Gasteiger partial charge in [0.1, 0.15) is 0 Å². The van der Waals surface area contributed by atoms with Crippen LogP contribution in [0.3, 0.4) is 0 Å². The quantitative estimate of drug-likeness (QED) is 0.0758. The van der Waals surface area contributed by atoms with Gasteiger partial charge in [-0.25, -0.2) is 4.85 Å². The topological polar surface area (TPSA) is 104 Å². The van der Waals surface area contributed by atoms with E-state index in [1.807, 2.05) is 0 Å². The van der Waals surface area contributed by atoms with E-state index in [-0.39, 0.29) is 11.5 Å². The number of hydrogen-bond donors (Lipinski definition) is 3. The van der Waals surface area contributed by atoms with Gasteiger partial charge >= 0.3 is 0 Å². The summed E-state index contributed by atoms with van der Waals surface area (Å²) < 4.78 is 0. The summed E-state index contributed by atoms with van der Waals surface area (Å²) in [7, 11) is 0. The molecule has 7 heteroatoms. The Labute approximate surface area is 301 Å². The lowest BCUT2D eigenvalue weighted by Crippen LogP contribution is -2.37. The summed E-state index contributed by atoms with van der Waals surface area (Å²) in [5.74, 6) is 1.56. The number of nitrogen functional groups attached to an aromatic ring is 2. The van der Waals surface area contributed by atoms with Crippen LogP contribution < -0.4 is 21.3 Å². The maximum atomic E-state index is 15.3. The van der Waals surface area contributed by atoms with E-state index in [2.05, 4.69) is 81.2 Å². The first-order valence-corrected chi connectivity index (χ1v) is 18.5. The average Bonchev–Trinajstić information content (AvgIpc) is 3.19. The predicted molar refractivity (Wildman–Crippen MR) is 213 cm³/mol. The van der Waals surface area contributed by atoms with E-state index >= 15 is 4.79 Å². The van der Waals surface area contributed by atoms with Crippen molar-refractivity contribution in [2.45, 2.75) is 44.4 Å². The molecule has 1 aliphatic carbocycles. The SMILES string of the molecule is [C-]#[N+]C(=C=N)C1=C(c2c(N)c3c4c5c(c6ccccc6cc25)CCN4CCC3)C(=O)C1c1c(N)c2c3c4c(c5ccccc5cc14)CCN3CCC2. The Hall–Kier alpha value is -6.09. The zero-order valence-corrected chi connectivity index (χ0v) is 28.8. The molecule has 4 aliphatic heterocycles. The maximum Gasteiger partial charge on any atom is 0.251 e. The van der Waals surface area contributed by atoms with Gasteiger partial charge in [-0.3, -0.25) is 10.2 Å². The molecule has 0 bridgehead atoms. The number of allylic oxidation sites excluding steroid dienone is 2. The van der Waals surface area contributed by atoms with Gasteiger partial charge in [0.25, 0.3) is 5.70 Å². The molecule has 5 aliphatic rings. The fraction of sp³-hybridized carbons (Fsp3) is 0.244. The van der Waals surface area contributed by atoms with Gasteiger partial charge in [-0.05, 0) is 122 Å². The first-order chi connectivity index (χ1) is 25.5. The Bertz CT molecular complexity index is 2830. The largest absolute Gasteiger partial charge is 0.398 e. The molecule has 0 amide bonds. The van der Waals surface area contributed by atoms with E-state index in [9.17, 15) is 0 Å². The number of nitrogens with two attached hydrogens (primary N) is 2. The van der Waals surface area contributed by atoms with E-state index in [4.69, 9.17) is 23.4 Å². The minimum absolute atomic E-state index is 0.0413. The van der Waals surface area contributed by atoms with Gasteiger partial charge in [0.05, 0.1) is 23.9 Å². The second kappa shape index (κ2) is 10.5. The molecule has 52 heavy (non-hydrogen) atoms. The first kappa shape index (κ1) is 29.6. The second-order valence-corrected chi connectivity index (χ2v) is 15.1. The minimum Gasteiger partial charge on any atom is -0.398 e. The Kier molecular flexibility index (Phi) is 5.97. The van der Waals surface area contributed by atoms with E-state index in [0.29, 0.717) is 28.1 Å². The van der Waals surface area contributed by atoms with Crippen LogP contribution >= 0.6 is 0 Å². The fourth-order valence-corrected chi connectivity index (χ4v) is 10.7. The highest BCUT2D eigenvalue weighted by Crippen LogP contribution is 2.58. The Morgan fingerprint density at radius 2 is 1.29 bits per heavy atom. The molecule has 0 spiro atoms. The highest BCUT2D eigenvalue weighted by Gasteiger charge is 2.47. The van der Waals surface area contributed by atoms with Crippen LogP contribution in [-0.2, 0) is 30.5 Å². The fourth-order valence-electron chi connectivity index (χ4n) is 10.7. The molecule has 6 aromatic rings. The van der Waals surface area contributed by atoms with Crippen molar-refractivity contribution in [2.24, 2.45) is 0 Å². The summed E-state index contributed by atoms with van der Waals surface area (Å²) in [6, 6.07) is 21.4.